The number of hydrogen-bond donors (Lipinski definition) is 1. The minimum Gasteiger partial charge on any atom is -0.476 e. The third kappa shape index (κ3) is 5.06. The molecule has 0 heterocycles. The molecule has 0 bridgehead atoms. The summed E-state index contributed by atoms with van der Waals surface area (Å²) in [5.74, 6) is 0.0555. The summed E-state index contributed by atoms with van der Waals surface area (Å²) in [6.45, 7) is 10.9. The van der Waals surface area contributed by atoms with Crippen molar-refractivity contribution in [3.8, 4) is 5.75 Å². The van der Waals surface area contributed by atoms with Crippen LogP contribution in [0.1, 0.15) is 41.5 Å². The molecule has 5 heteroatoms. The standard InChI is InChI=1S/C17H25NO4/c1-7-21-15(20)17(5,6)22-13-10-8-12(9-11-13)18-14(19)16(2,3)4/h8-11H,7H2,1-6H3,(H,18,19). The van der Waals surface area contributed by atoms with Gasteiger partial charge in [0.05, 0.1) is 6.61 Å². The Labute approximate surface area is 132 Å². The van der Waals surface area contributed by atoms with Crippen molar-refractivity contribution in [1.82, 2.24) is 0 Å². The van der Waals surface area contributed by atoms with E-state index in [4.69, 9.17) is 9.47 Å². The van der Waals surface area contributed by atoms with Crippen LogP contribution in [0.2, 0.25) is 0 Å². The summed E-state index contributed by atoms with van der Waals surface area (Å²) < 4.78 is 10.6. The van der Waals surface area contributed by atoms with E-state index in [1.807, 2.05) is 20.8 Å². The first-order valence-electron chi connectivity index (χ1n) is 7.34. The first-order chi connectivity index (χ1) is 10.1. The number of carbonyl (C=O) groups is 2. The molecule has 0 aliphatic carbocycles. The van der Waals surface area contributed by atoms with Gasteiger partial charge in [-0.3, -0.25) is 4.79 Å². The lowest BCUT2D eigenvalue weighted by molar-refractivity contribution is -0.158. The van der Waals surface area contributed by atoms with Crippen LogP contribution in [0, 0.1) is 5.41 Å². The number of amides is 1. The van der Waals surface area contributed by atoms with Crippen LogP contribution in [0.4, 0.5) is 5.69 Å². The first-order valence-corrected chi connectivity index (χ1v) is 7.34. The third-order valence-electron chi connectivity index (χ3n) is 2.93. The van der Waals surface area contributed by atoms with Crippen LogP contribution < -0.4 is 10.1 Å². The molecular weight excluding hydrogens is 282 g/mol. The summed E-state index contributed by atoms with van der Waals surface area (Å²) in [4.78, 5) is 23.7. The molecule has 1 N–H and O–H groups in total. The van der Waals surface area contributed by atoms with Crippen LogP contribution in [0.15, 0.2) is 24.3 Å². The van der Waals surface area contributed by atoms with E-state index < -0.39 is 17.0 Å². The summed E-state index contributed by atoms with van der Waals surface area (Å²) in [5, 5.41) is 2.83. The van der Waals surface area contributed by atoms with Gasteiger partial charge in [0.2, 0.25) is 5.91 Å². The minimum absolute atomic E-state index is 0.0620. The van der Waals surface area contributed by atoms with Crippen molar-refractivity contribution < 1.29 is 19.1 Å². The molecule has 1 aromatic carbocycles. The molecule has 0 atom stereocenters. The van der Waals surface area contributed by atoms with Gasteiger partial charge in [0, 0.05) is 11.1 Å². The number of esters is 1. The molecule has 5 nitrogen and oxygen atoms in total. The monoisotopic (exact) mass is 307 g/mol. The Hall–Kier alpha value is -2.04. The molecule has 0 aromatic heterocycles. The normalized spacial score (nSPS) is 11.7. The van der Waals surface area contributed by atoms with Crippen LogP contribution in [0.5, 0.6) is 5.75 Å². The zero-order valence-electron chi connectivity index (χ0n) is 14.1. The Kier molecular flexibility index (Phi) is 5.58. The molecule has 1 amide bonds. The van der Waals surface area contributed by atoms with Gasteiger partial charge in [-0.25, -0.2) is 4.79 Å². The van der Waals surface area contributed by atoms with Crippen LogP contribution >= 0.6 is 0 Å². The molecule has 0 unspecified atom stereocenters. The van der Waals surface area contributed by atoms with Crippen molar-refractivity contribution >= 4 is 17.6 Å². The Morgan fingerprint density at radius 3 is 2.05 bits per heavy atom. The lowest BCUT2D eigenvalue weighted by Crippen LogP contribution is -2.39. The topological polar surface area (TPSA) is 64.6 Å². The Morgan fingerprint density at radius 2 is 1.59 bits per heavy atom. The average molecular weight is 307 g/mol. The highest BCUT2D eigenvalue weighted by molar-refractivity contribution is 5.94. The predicted octanol–water partition coefficient (Wildman–Crippen LogP) is 3.39. The Bertz CT molecular complexity index is 527. The van der Waals surface area contributed by atoms with E-state index in [9.17, 15) is 9.59 Å². The highest BCUT2D eigenvalue weighted by atomic mass is 16.6. The van der Waals surface area contributed by atoms with Gasteiger partial charge in [-0.05, 0) is 45.0 Å². The summed E-state index contributed by atoms with van der Waals surface area (Å²) in [6.07, 6.45) is 0. The van der Waals surface area contributed by atoms with Crippen LogP contribution in [-0.4, -0.2) is 24.1 Å². The fourth-order valence-electron chi connectivity index (χ4n) is 1.57. The number of rotatable bonds is 5. The molecule has 0 radical (unpaired) electrons. The van der Waals surface area contributed by atoms with E-state index in [1.54, 1.807) is 45.0 Å². The van der Waals surface area contributed by atoms with Gasteiger partial charge in [-0.15, -0.1) is 0 Å². The summed E-state index contributed by atoms with van der Waals surface area (Å²) in [6, 6.07) is 6.89. The van der Waals surface area contributed by atoms with E-state index in [1.165, 1.54) is 0 Å². The highest BCUT2D eigenvalue weighted by Crippen LogP contribution is 2.23. The Balaban J connectivity index is 2.73. The number of nitrogens with one attached hydrogen (secondary N) is 1. The van der Waals surface area contributed by atoms with E-state index in [-0.39, 0.29) is 5.91 Å². The average Bonchev–Trinajstić information content (AvgIpc) is 2.40. The predicted molar refractivity (Wildman–Crippen MR) is 85.9 cm³/mol. The molecule has 0 spiro atoms. The second kappa shape index (κ2) is 6.81. The van der Waals surface area contributed by atoms with Crippen LogP contribution in [0.3, 0.4) is 0 Å². The third-order valence-corrected chi connectivity index (χ3v) is 2.93. The summed E-state index contributed by atoms with van der Waals surface area (Å²) in [5.41, 5.74) is -0.839. The van der Waals surface area contributed by atoms with Gasteiger partial charge in [-0.2, -0.15) is 0 Å². The molecule has 0 fully saturated rings. The van der Waals surface area contributed by atoms with Crippen molar-refractivity contribution in [3.63, 3.8) is 0 Å². The number of anilines is 1. The van der Waals surface area contributed by atoms with E-state index >= 15 is 0 Å². The lowest BCUT2D eigenvalue weighted by atomic mass is 9.95. The quantitative estimate of drug-likeness (QED) is 0.847. The zero-order chi connectivity index (χ0) is 17.0. The number of carbonyl (C=O) groups excluding carboxylic acids is 2. The van der Waals surface area contributed by atoms with Gasteiger partial charge in [0.15, 0.2) is 5.60 Å². The van der Waals surface area contributed by atoms with Crippen LogP contribution in [-0.2, 0) is 14.3 Å². The number of benzene rings is 1. The van der Waals surface area contributed by atoms with E-state index in [0.29, 0.717) is 18.0 Å². The van der Waals surface area contributed by atoms with Crippen molar-refractivity contribution in [2.45, 2.75) is 47.1 Å². The zero-order valence-corrected chi connectivity index (χ0v) is 14.1. The van der Waals surface area contributed by atoms with Gasteiger partial charge >= 0.3 is 5.97 Å². The number of ether oxygens (including phenoxy) is 2. The van der Waals surface area contributed by atoms with Crippen LogP contribution in [0.25, 0.3) is 0 Å². The molecule has 22 heavy (non-hydrogen) atoms. The fourth-order valence-corrected chi connectivity index (χ4v) is 1.57. The van der Waals surface area contributed by atoms with Crippen molar-refractivity contribution in [2.24, 2.45) is 5.41 Å². The molecular formula is C17H25NO4. The second-order valence-electron chi connectivity index (χ2n) is 6.56. The second-order valence-corrected chi connectivity index (χ2v) is 6.56. The van der Waals surface area contributed by atoms with Gasteiger partial charge in [0.1, 0.15) is 5.75 Å². The maximum absolute atomic E-state index is 11.9. The van der Waals surface area contributed by atoms with Gasteiger partial charge < -0.3 is 14.8 Å². The number of hydrogen-bond acceptors (Lipinski definition) is 4. The summed E-state index contributed by atoms with van der Waals surface area (Å²) >= 11 is 0. The molecule has 1 aromatic rings. The molecule has 0 aliphatic rings. The molecule has 1 rings (SSSR count). The Morgan fingerprint density at radius 1 is 1.05 bits per heavy atom. The highest BCUT2D eigenvalue weighted by Gasteiger charge is 2.31. The summed E-state index contributed by atoms with van der Waals surface area (Å²) in [7, 11) is 0. The molecule has 0 saturated carbocycles. The van der Waals surface area contributed by atoms with E-state index in [0.717, 1.165) is 0 Å². The van der Waals surface area contributed by atoms with Gasteiger partial charge in [0.25, 0.3) is 0 Å². The first kappa shape index (κ1) is 18.0. The van der Waals surface area contributed by atoms with Crippen molar-refractivity contribution in [2.75, 3.05) is 11.9 Å². The maximum atomic E-state index is 11.9. The van der Waals surface area contributed by atoms with E-state index in [2.05, 4.69) is 5.32 Å². The van der Waals surface area contributed by atoms with Gasteiger partial charge in [-0.1, -0.05) is 20.8 Å². The SMILES string of the molecule is CCOC(=O)C(C)(C)Oc1ccc(NC(=O)C(C)(C)C)cc1. The fraction of sp³-hybridized carbons (Fsp3) is 0.529. The largest absolute Gasteiger partial charge is 0.476 e. The van der Waals surface area contributed by atoms with Crippen molar-refractivity contribution in [3.05, 3.63) is 24.3 Å². The minimum atomic E-state index is -1.06. The molecule has 0 aliphatic heterocycles. The molecule has 0 saturated heterocycles. The smallest absolute Gasteiger partial charge is 0.349 e. The lowest BCUT2D eigenvalue weighted by Gasteiger charge is -2.24. The maximum Gasteiger partial charge on any atom is 0.349 e. The molecule has 122 valence electrons. The van der Waals surface area contributed by atoms with Crippen molar-refractivity contribution in [1.29, 1.82) is 0 Å².